The first-order chi connectivity index (χ1) is 13.7. The van der Waals surface area contributed by atoms with Crippen molar-refractivity contribution in [3.8, 4) is 0 Å². The van der Waals surface area contributed by atoms with Gasteiger partial charge in [-0.25, -0.2) is 9.86 Å². The van der Waals surface area contributed by atoms with Crippen molar-refractivity contribution in [2.45, 2.75) is 64.3 Å². The molecule has 2 atom stereocenters. The molecule has 0 bridgehead atoms. The first kappa shape index (κ1) is 21.1. The quantitative estimate of drug-likeness (QED) is 0.554. The van der Waals surface area contributed by atoms with Gasteiger partial charge in [0.05, 0.1) is 6.42 Å². The van der Waals surface area contributed by atoms with Gasteiger partial charge in [0.1, 0.15) is 30.9 Å². The van der Waals surface area contributed by atoms with Gasteiger partial charge in [0, 0.05) is 6.54 Å². The van der Waals surface area contributed by atoms with E-state index < -0.39 is 23.8 Å². The van der Waals surface area contributed by atoms with Gasteiger partial charge in [0.2, 0.25) is 0 Å². The number of nitrogens with zero attached hydrogens (tertiary/aromatic N) is 2. The van der Waals surface area contributed by atoms with Crippen molar-refractivity contribution in [1.82, 2.24) is 9.96 Å². The largest absolute Gasteiger partial charge is 0.463 e. The van der Waals surface area contributed by atoms with Crippen molar-refractivity contribution in [1.29, 1.82) is 0 Å². The zero-order chi connectivity index (χ0) is 21.0. The second-order valence-electron chi connectivity index (χ2n) is 8.30. The van der Waals surface area contributed by atoms with Crippen LogP contribution in [-0.2, 0) is 30.5 Å². The van der Waals surface area contributed by atoms with Gasteiger partial charge in [-0.15, -0.1) is 0 Å². The van der Waals surface area contributed by atoms with E-state index in [1.54, 1.807) is 20.8 Å². The number of hydrogen-bond donors (Lipinski definition) is 0. The number of carbonyl (C=O) groups excluding carboxylic acids is 3. The second-order valence-corrected chi connectivity index (χ2v) is 8.30. The first-order valence-corrected chi connectivity index (χ1v) is 9.90. The molecule has 158 valence electrons. The third-order valence-corrected chi connectivity index (χ3v) is 4.77. The molecule has 2 aliphatic rings. The molecular weight excluding hydrogens is 376 g/mol. The number of likely N-dealkylation sites (tertiary alicyclic amines) is 1. The topological polar surface area (TPSA) is 85.4 Å². The van der Waals surface area contributed by atoms with E-state index in [-0.39, 0.29) is 31.5 Å². The second kappa shape index (κ2) is 8.82. The number of hydrogen-bond acceptors (Lipinski definition) is 6. The molecule has 0 aliphatic carbocycles. The van der Waals surface area contributed by atoms with Crippen LogP contribution in [0.1, 0.15) is 45.6 Å². The van der Waals surface area contributed by atoms with Crippen LogP contribution in [0.5, 0.6) is 0 Å². The summed E-state index contributed by atoms with van der Waals surface area (Å²) in [4.78, 5) is 44.8. The molecule has 29 heavy (non-hydrogen) atoms. The van der Waals surface area contributed by atoms with Crippen molar-refractivity contribution in [2.75, 3.05) is 13.2 Å². The van der Waals surface area contributed by atoms with Crippen LogP contribution >= 0.6 is 0 Å². The Labute approximate surface area is 170 Å². The lowest BCUT2D eigenvalue weighted by Crippen LogP contribution is -2.52. The minimum absolute atomic E-state index is 0.0691. The standard InChI is InChI=1S/C21H28N2O6/c1-21(2,3)29-20(26)22-11-7-10-17(22)19(25)23(16-12-18(24)27-14-16)28-13-15-8-5-4-6-9-15/h4-6,8-9,16-17H,7,10-14H2,1-3H3. The maximum atomic E-state index is 13.3. The molecule has 2 aliphatic heterocycles. The van der Waals surface area contributed by atoms with E-state index in [0.717, 1.165) is 5.56 Å². The molecule has 2 unspecified atom stereocenters. The van der Waals surface area contributed by atoms with Crippen LogP contribution in [0.25, 0.3) is 0 Å². The molecule has 2 fully saturated rings. The van der Waals surface area contributed by atoms with Crippen molar-refractivity contribution in [3.63, 3.8) is 0 Å². The molecule has 3 rings (SSSR count). The third kappa shape index (κ3) is 5.47. The molecule has 8 nitrogen and oxygen atoms in total. The summed E-state index contributed by atoms with van der Waals surface area (Å²) in [5.41, 5.74) is 0.244. The fourth-order valence-corrected chi connectivity index (χ4v) is 3.43. The number of ether oxygens (including phenoxy) is 2. The van der Waals surface area contributed by atoms with Crippen LogP contribution in [-0.4, -0.2) is 58.8 Å². The maximum absolute atomic E-state index is 13.3. The monoisotopic (exact) mass is 404 g/mol. The maximum Gasteiger partial charge on any atom is 0.410 e. The lowest BCUT2D eigenvalue weighted by Gasteiger charge is -2.33. The molecular formula is C21H28N2O6. The summed E-state index contributed by atoms with van der Waals surface area (Å²) in [6.07, 6.45) is 0.766. The van der Waals surface area contributed by atoms with E-state index in [2.05, 4.69) is 0 Å². The molecule has 1 aromatic carbocycles. The van der Waals surface area contributed by atoms with Gasteiger partial charge in [0.25, 0.3) is 5.91 Å². The van der Waals surface area contributed by atoms with Crippen LogP contribution in [0.2, 0.25) is 0 Å². The van der Waals surface area contributed by atoms with Crippen LogP contribution < -0.4 is 0 Å². The predicted molar refractivity (Wildman–Crippen MR) is 103 cm³/mol. The van der Waals surface area contributed by atoms with Gasteiger partial charge in [-0.3, -0.25) is 19.3 Å². The number of rotatable bonds is 5. The number of amides is 2. The van der Waals surface area contributed by atoms with E-state index in [1.165, 1.54) is 9.96 Å². The zero-order valence-corrected chi connectivity index (χ0v) is 17.1. The van der Waals surface area contributed by atoms with Crippen molar-refractivity contribution < 1.29 is 28.7 Å². The smallest absolute Gasteiger partial charge is 0.410 e. The zero-order valence-electron chi connectivity index (χ0n) is 17.1. The predicted octanol–water partition coefficient (Wildman–Crippen LogP) is 2.66. The van der Waals surface area contributed by atoms with E-state index in [0.29, 0.717) is 19.4 Å². The lowest BCUT2D eigenvalue weighted by atomic mass is 10.1. The Kier molecular flexibility index (Phi) is 6.42. The van der Waals surface area contributed by atoms with Crippen LogP contribution in [0.15, 0.2) is 30.3 Å². The average Bonchev–Trinajstić information content (AvgIpc) is 3.30. The Hall–Kier alpha value is -2.61. The van der Waals surface area contributed by atoms with Crippen LogP contribution in [0.3, 0.4) is 0 Å². The van der Waals surface area contributed by atoms with Gasteiger partial charge in [0.15, 0.2) is 0 Å². The van der Waals surface area contributed by atoms with E-state index in [9.17, 15) is 14.4 Å². The van der Waals surface area contributed by atoms with Gasteiger partial charge in [-0.1, -0.05) is 30.3 Å². The molecule has 0 spiro atoms. The summed E-state index contributed by atoms with van der Waals surface area (Å²) in [5.74, 6) is -0.723. The van der Waals surface area contributed by atoms with Gasteiger partial charge in [-0.05, 0) is 39.2 Å². The van der Waals surface area contributed by atoms with Crippen LogP contribution in [0, 0.1) is 0 Å². The Bertz CT molecular complexity index is 745. The molecule has 0 saturated carbocycles. The lowest BCUT2D eigenvalue weighted by molar-refractivity contribution is -0.209. The normalized spacial score (nSPS) is 21.8. The van der Waals surface area contributed by atoms with E-state index in [1.807, 2.05) is 30.3 Å². The molecule has 2 heterocycles. The molecule has 0 N–H and O–H groups in total. The average molecular weight is 404 g/mol. The SMILES string of the molecule is CC(C)(C)OC(=O)N1CCCC1C(=O)N(OCc1ccccc1)C1COC(=O)C1. The van der Waals surface area contributed by atoms with Crippen LogP contribution in [0.4, 0.5) is 4.79 Å². The van der Waals surface area contributed by atoms with Gasteiger partial charge < -0.3 is 9.47 Å². The van der Waals surface area contributed by atoms with E-state index >= 15 is 0 Å². The highest BCUT2D eigenvalue weighted by molar-refractivity contribution is 5.86. The fourth-order valence-electron chi connectivity index (χ4n) is 3.43. The van der Waals surface area contributed by atoms with Crippen molar-refractivity contribution in [3.05, 3.63) is 35.9 Å². The Morgan fingerprint density at radius 2 is 1.97 bits per heavy atom. The number of carbonyl (C=O) groups is 3. The number of esters is 1. The summed E-state index contributed by atoms with van der Waals surface area (Å²) >= 11 is 0. The van der Waals surface area contributed by atoms with Gasteiger partial charge >= 0.3 is 12.1 Å². The third-order valence-electron chi connectivity index (χ3n) is 4.77. The molecule has 0 radical (unpaired) electrons. The summed E-state index contributed by atoms with van der Waals surface area (Å²) in [7, 11) is 0. The molecule has 1 aromatic rings. The molecule has 0 aromatic heterocycles. The Balaban J connectivity index is 1.74. The summed E-state index contributed by atoms with van der Waals surface area (Å²) in [5, 5.41) is 1.23. The van der Waals surface area contributed by atoms with Crippen molar-refractivity contribution in [2.24, 2.45) is 0 Å². The molecule has 2 saturated heterocycles. The number of benzene rings is 1. The first-order valence-electron chi connectivity index (χ1n) is 9.90. The highest BCUT2D eigenvalue weighted by atomic mass is 16.7. The number of hydroxylamine groups is 2. The summed E-state index contributed by atoms with van der Waals surface area (Å²) in [6, 6.07) is 8.25. The Morgan fingerprint density at radius 3 is 2.59 bits per heavy atom. The minimum Gasteiger partial charge on any atom is -0.463 e. The minimum atomic E-state index is -0.684. The van der Waals surface area contributed by atoms with Crippen molar-refractivity contribution >= 4 is 18.0 Å². The Morgan fingerprint density at radius 1 is 1.24 bits per heavy atom. The fraction of sp³-hybridized carbons (Fsp3) is 0.571. The molecule has 8 heteroatoms. The highest BCUT2D eigenvalue weighted by Gasteiger charge is 2.43. The van der Waals surface area contributed by atoms with E-state index in [4.69, 9.17) is 14.3 Å². The summed E-state index contributed by atoms with van der Waals surface area (Å²) in [6.45, 7) is 6.06. The summed E-state index contributed by atoms with van der Waals surface area (Å²) < 4.78 is 10.5. The highest BCUT2D eigenvalue weighted by Crippen LogP contribution is 2.25. The molecule has 2 amide bonds. The van der Waals surface area contributed by atoms with Gasteiger partial charge in [-0.2, -0.15) is 0 Å². The number of cyclic esters (lactones) is 1.